The van der Waals surface area contributed by atoms with Crippen molar-refractivity contribution in [2.45, 2.75) is 63.7 Å². The topological polar surface area (TPSA) is 204 Å². The number of amides is 3. The zero-order valence-corrected chi connectivity index (χ0v) is 23.0. The van der Waals surface area contributed by atoms with Gasteiger partial charge in [0.25, 0.3) is 0 Å². The second-order valence-electron chi connectivity index (χ2n) is 9.70. The number of benzene rings is 1. The number of carbonyl (C=O) groups excluding carboxylic acids is 3. The SMILES string of the molecule is CSCCC(NC(=O)C(Cc1c[nH]c2ccccc12)NC(=O)C(CC(C)C)NC(=O)C(N)CC(=O)O)C(=O)O. The van der Waals surface area contributed by atoms with Crippen molar-refractivity contribution in [1.82, 2.24) is 20.9 Å². The summed E-state index contributed by atoms with van der Waals surface area (Å²) >= 11 is 1.44. The number of para-hydroxylation sites is 1. The number of H-pyrrole nitrogens is 1. The Labute approximate surface area is 230 Å². The number of hydrogen-bond donors (Lipinski definition) is 7. The molecule has 0 spiro atoms. The number of nitrogens with one attached hydrogen (secondary N) is 4. The minimum Gasteiger partial charge on any atom is -0.481 e. The Bertz CT molecular complexity index is 1170. The number of rotatable bonds is 16. The van der Waals surface area contributed by atoms with Crippen molar-refractivity contribution in [3.05, 3.63) is 36.0 Å². The highest BCUT2D eigenvalue weighted by Gasteiger charge is 2.31. The Hall–Kier alpha value is -3.58. The summed E-state index contributed by atoms with van der Waals surface area (Å²) in [5.74, 6) is -4.14. The van der Waals surface area contributed by atoms with Crippen LogP contribution in [0.1, 0.15) is 38.7 Å². The number of aromatic nitrogens is 1. The third-order valence-electron chi connectivity index (χ3n) is 6.03. The predicted octanol–water partition coefficient (Wildman–Crippen LogP) is 0.851. The highest BCUT2D eigenvalue weighted by molar-refractivity contribution is 7.98. The lowest BCUT2D eigenvalue weighted by molar-refractivity contribution is -0.142. The van der Waals surface area contributed by atoms with Crippen LogP contribution < -0.4 is 21.7 Å². The molecule has 0 saturated carbocycles. The molecule has 0 bridgehead atoms. The molecule has 0 radical (unpaired) electrons. The Morgan fingerprint density at radius 2 is 1.56 bits per heavy atom. The summed E-state index contributed by atoms with van der Waals surface area (Å²) in [7, 11) is 0. The maximum absolute atomic E-state index is 13.4. The smallest absolute Gasteiger partial charge is 0.326 e. The van der Waals surface area contributed by atoms with Crippen LogP contribution in [-0.4, -0.2) is 81.0 Å². The summed E-state index contributed by atoms with van der Waals surface area (Å²) in [6.45, 7) is 3.67. The summed E-state index contributed by atoms with van der Waals surface area (Å²) in [5, 5.41) is 27.1. The molecule has 4 unspecified atom stereocenters. The van der Waals surface area contributed by atoms with Gasteiger partial charge >= 0.3 is 11.9 Å². The van der Waals surface area contributed by atoms with Crippen LogP contribution in [0.25, 0.3) is 10.9 Å². The summed E-state index contributed by atoms with van der Waals surface area (Å²) in [4.78, 5) is 65.0. The van der Waals surface area contributed by atoms with Crippen LogP contribution in [-0.2, 0) is 30.4 Å². The van der Waals surface area contributed by atoms with Crippen molar-refractivity contribution < 1.29 is 34.2 Å². The van der Waals surface area contributed by atoms with E-state index in [1.54, 1.807) is 6.20 Å². The van der Waals surface area contributed by atoms with E-state index in [1.807, 2.05) is 44.4 Å². The molecule has 1 aromatic carbocycles. The Balaban J connectivity index is 2.31. The monoisotopic (exact) mass is 563 g/mol. The van der Waals surface area contributed by atoms with Crippen LogP contribution in [0.4, 0.5) is 0 Å². The van der Waals surface area contributed by atoms with Gasteiger partial charge < -0.3 is 36.9 Å². The van der Waals surface area contributed by atoms with E-state index in [4.69, 9.17) is 10.8 Å². The normalized spacial score (nSPS) is 14.3. The molecule has 1 aromatic heterocycles. The highest BCUT2D eigenvalue weighted by atomic mass is 32.2. The molecule has 8 N–H and O–H groups in total. The van der Waals surface area contributed by atoms with Gasteiger partial charge in [0.2, 0.25) is 17.7 Å². The molecule has 3 amide bonds. The zero-order chi connectivity index (χ0) is 29.1. The molecular weight excluding hydrogens is 526 g/mol. The lowest BCUT2D eigenvalue weighted by Crippen LogP contribution is -2.58. The number of carbonyl (C=O) groups is 5. The van der Waals surface area contributed by atoms with Crippen LogP contribution in [0.2, 0.25) is 0 Å². The Morgan fingerprint density at radius 1 is 0.949 bits per heavy atom. The average Bonchev–Trinajstić information content (AvgIpc) is 3.27. The van der Waals surface area contributed by atoms with Gasteiger partial charge in [-0.15, -0.1) is 0 Å². The molecule has 1 heterocycles. The molecule has 0 aliphatic carbocycles. The highest BCUT2D eigenvalue weighted by Crippen LogP contribution is 2.19. The van der Waals surface area contributed by atoms with Gasteiger partial charge in [-0.2, -0.15) is 11.8 Å². The third kappa shape index (κ3) is 9.91. The molecule has 0 aliphatic rings. The predicted molar refractivity (Wildman–Crippen MR) is 148 cm³/mol. The molecule has 2 rings (SSSR count). The second kappa shape index (κ2) is 15.1. The van der Waals surface area contributed by atoms with Gasteiger partial charge in [-0.3, -0.25) is 19.2 Å². The fraction of sp³-hybridized carbons (Fsp3) is 0.500. The largest absolute Gasteiger partial charge is 0.481 e. The van der Waals surface area contributed by atoms with Crippen molar-refractivity contribution in [2.75, 3.05) is 12.0 Å². The first-order chi connectivity index (χ1) is 18.4. The first-order valence-corrected chi connectivity index (χ1v) is 14.0. The first kappa shape index (κ1) is 31.6. The minimum absolute atomic E-state index is 0.0411. The molecule has 0 fully saturated rings. The van der Waals surface area contributed by atoms with Gasteiger partial charge in [0, 0.05) is 23.5 Å². The fourth-order valence-electron chi connectivity index (χ4n) is 4.03. The van der Waals surface area contributed by atoms with Crippen LogP contribution in [0, 0.1) is 5.92 Å². The number of thioether (sulfide) groups is 1. The van der Waals surface area contributed by atoms with Crippen LogP contribution in [0.3, 0.4) is 0 Å². The fourth-order valence-corrected chi connectivity index (χ4v) is 4.50. The van der Waals surface area contributed by atoms with E-state index in [9.17, 15) is 29.1 Å². The maximum Gasteiger partial charge on any atom is 0.326 e. The van der Waals surface area contributed by atoms with E-state index in [0.717, 1.165) is 16.5 Å². The number of hydrogen-bond acceptors (Lipinski definition) is 7. The molecule has 39 heavy (non-hydrogen) atoms. The van der Waals surface area contributed by atoms with E-state index in [2.05, 4.69) is 20.9 Å². The molecule has 0 saturated heterocycles. The molecule has 2 aromatic rings. The quantitative estimate of drug-likeness (QED) is 0.154. The molecular formula is C26H37N5O7S. The standard InChI is InChI=1S/C26H37N5O7S/c1-14(2)10-20(30-23(34)17(27)12-22(32)33)24(35)31-21(25(36)29-19(26(37)38)8-9-39-3)11-15-13-28-18-7-5-4-6-16(15)18/h4-7,13-14,17,19-21,28H,8-12,27H2,1-3H3,(H,29,36)(H,30,34)(H,31,35)(H,32,33)(H,37,38). The van der Waals surface area contributed by atoms with E-state index in [0.29, 0.717) is 5.75 Å². The van der Waals surface area contributed by atoms with Crippen LogP contribution >= 0.6 is 11.8 Å². The molecule has 0 aliphatic heterocycles. The minimum atomic E-state index is -1.36. The second-order valence-corrected chi connectivity index (χ2v) is 10.7. The number of nitrogens with two attached hydrogens (primary N) is 1. The summed E-state index contributed by atoms with van der Waals surface area (Å²) < 4.78 is 0. The Morgan fingerprint density at radius 3 is 2.18 bits per heavy atom. The van der Waals surface area contributed by atoms with Gasteiger partial charge in [-0.1, -0.05) is 32.0 Å². The average molecular weight is 564 g/mol. The summed E-state index contributed by atoms with van der Waals surface area (Å²) in [5.41, 5.74) is 7.23. The Kier molecular flexibility index (Phi) is 12.3. The van der Waals surface area contributed by atoms with Gasteiger partial charge in [0.15, 0.2) is 0 Å². The maximum atomic E-state index is 13.4. The number of carboxylic acid groups (broad SMARTS) is 2. The molecule has 214 valence electrons. The van der Waals surface area contributed by atoms with Gasteiger partial charge in [-0.25, -0.2) is 4.79 Å². The van der Waals surface area contributed by atoms with Crippen molar-refractivity contribution in [1.29, 1.82) is 0 Å². The summed E-state index contributed by atoms with van der Waals surface area (Å²) in [6.07, 6.45) is 3.38. The van der Waals surface area contributed by atoms with Crippen molar-refractivity contribution in [3.8, 4) is 0 Å². The van der Waals surface area contributed by atoms with Gasteiger partial charge in [0.05, 0.1) is 12.5 Å². The zero-order valence-electron chi connectivity index (χ0n) is 22.2. The number of aliphatic carboxylic acids is 2. The van der Waals surface area contributed by atoms with E-state index in [-0.39, 0.29) is 25.2 Å². The van der Waals surface area contributed by atoms with Gasteiger partial charge in [-0.05, 0) is 42.4 Å². The van der Waals surface area contributed by atoms with Crippen molar-refractivity contribution in [3.63, 3.8) is 0 Å². The van der Waals surface area contributed by atoms with Gasteiger partial charge in [0.1, 0.15) is 18.1 Å². The van der Waals surface area contributed by atoms with Crippen LogP contribution in [0.5, 0.6) is 0 Å². The molecule has 12 nitrogen and oxygen atoms in total. The van der Waals surface area contributed by atoms with Crippen LogP contribution in [0.15, 0.2) is 30.5 Å². The molecule has 13 heteroatoms. The van der Waals surface area contributed by atoms with E-state index >= 15 is 0 Å². The summed E-state index contributed by atoms with van der Waals surface area (Å²) in [6, 6.07) is 2.66. The van der Waals surface area contributed by atoms with E-state index < -0.39 is 60.2 Å². The third-order valence-corrected chi connectivity index (χ3v) is 6.67. The molecule has 4 atom stereocenters. The lowest BCUT2D eigenvalue weighted by atomic mass is 10.00. The van der Waals surface area contributed by atoms with Crippen molar-refractivity contribution >= 4 is 52.3 Å². The van der Waals surface area contributed by atoms with Crippen molar-refractivity contribution in [2.24, 2.45) is 11.7 Å². The number of aromatic amines is 1. The first-order valence-electron chi connectivity index (χ1n) is 12.6. The van der Waals surface area contributed by atoms with E-state index in [1.165, 1.54) is 11.8 Å². The number of carboxylic acids is 2. The lowest BCUT2D eigenvalue weighted by Gasteiger charge is -2.26. The number of fused-ring (bicyclic) bond motifs is 1.